The monoisotopic (exact) mass is 229 g/mol. The van der Waals surface area contributed by atoms with E-state index in [9.17, 15) is 8.78 Å². The van der Waals surface area contributed by atoms with Crippen molar-refractivity contribution < 1.29 is 13.5 Å². The summed E-state index contributed by atoms with van der Waals surface area (Å²) in [6.07, 6.45) is 0. The lowest BCUT2D eigenvalue weighted by Crippen LogP contribution is -2.25. The van der Waals surface area contributed by atoms with Crippen LogP contribution in [0.15, 0.2) is 18.2 Å². The Kier molecular flexibility index (Phi) is 5.35. The molecule has 1 aromatic rings. The Morgan fingerprint density at radius 2 is 1.81 bits per heavy atom. The summed E-state index contributed by atoms with van der Waals surface area (Å²) in [5.41, 5.74) is 0.577. The van der Waals surface area contributed by atoms with E-state index in [1.54, 1.807) is 0 Å². The molecule has 0 spiro atoms. The maximum absolute atomic E-state index is 13.0. The SMILES string of the molecule is CCNC(COCC)c1cc(F)cc(F)c1. The van der Waals surface area contributed by atoms with Crippen LogP contribution in [0.4, 0.5) is 8.78 Å². The Hall–Kier alpha value is -1.00. The first-order chi connectivity index (χ1) is 7.67. The van der Waals surface area contributed by atoms with E-state index in [0.29, 0.717) is 18.8 Å². The van der Waals surface area contributed by atoms with Crippen LogP contribution in [-0.4, -0.2) is 19.8 Å². The second kappa shape index (κ2) is 6.55. The van der Waals surface area contributed by atoms with Gasteiger partial charge in [-0.15, -0.1) is 0 Å². The van der Waals surface area contributed by atoms with Gasteiger partial charge in [0.1, 0.15) is 11.6 Å². The van der Waals surface area contributed by atoms with E-state index in [1.165, 1.54) is 12.1 Å². The predicted octanol–water partition coefficient (Wildman–Crippen LogP) is 2.65. The second-order valence-electron chi connectivity index (χ2n) is 3.47. The van der Waals surface area contributed by atoms with Crippen molar-refractivity contribution in [3.63, 3.8) is 0 Å². The third-order valence-electron chi connectivity index (χ3n) is 2.23. The molecule has 1 unspecified atom stereocenters. The highest BCUT2D eigenvalue weighted by atomic mass is 19.1. The van der Waals surface area contributed by atoms with Gasteiger partial charge in [-0.2, -0.15) is 0 Å². The van der Waals surface area contributed by atoms with Crippen molar-refractivity contribution in [1.82, 2.24) is 5.32 Å². The number of nitrogens with one attached hydrogen (secondary N) is 1. The Bertz CT molecular complexity index is 311. The fourth-order valence-electron chi connectivity index (χ4n) is 1.53. The van der Waals surface area contributed by atoms with E-state index in [2.05, 4.69) is 5.32 Å². The average Bonchev–Trinajstić information content (AvgIpc) is 2.22. The molecule has 0 aromatic heterocycles. The molecular weight excluding hydrogens is 212 g/mol. The van der Waals surface area contributed by atoms with Gasteiger partial charge in [-0.25, -0.2) is 8.78 Å². The van der Waals surface area contributed by atoms with E-state index < -0.39 is 11.6 Å². The maximum Gasteiger partial charge on any atom is 0.126 e. The van der Waals surface area contributed by atoms with Crippen molar-refractivity contribution in [2.75, 3.05) is 19.8 Å². The van der Waals surface area contributed by atoms with Gasteiger partial charge in [-0.3, -0.25) is 0 Å². The van der Waals surface area contributed by atoms with Gasteiger partial charge >= 0.3 is 0 Å². The number of benzene rings is 1. The van der Waals surface area contributed by atoms with Crippen LogP contribution in [0.2, 0.25) is 0 Å². The molecule has 0 saturated heterocycles. The molecule has 0 heterocycles. The fourth-order valence-corrected chi connectivity index (χ4v) is 1.53. The van der Waals surface area contributed by atoms with E-state index >= 15 is 0 Å². The zero-order chi connectivity index (χ0) is 12.0. The molecule has 0 aliphatic carbocycles. The second-order valence-corrected chi connectivity index (χ2v) is 3.47. The number of halogens is 2. The molecule has 1 atom stereocenters. The largest absolute Gasteiger partial charge is 0.380 e. The molecule has 1 aromatic carbocycles. The van der Waals surface area contributed by atoms with Crippen LogP contribution >= 0.6 is 0 Å². The van der Waals surface area contributed by atoms with Gasteiger partial charge in [0, 0.05) is 12.7 Å². The minimum absolute atomic E-state index is 0.171. The van der Waals surface area contributed by atoms with Gasteiger partial charge in [0.25, 0.3) is 0 Å². The molecule has 1 rings (SSSR count). The molecule has 90 valence electrons. The van der Waals surface area contributed by atoms with E-state index in [-0.39, 0.29) is 6.04 Å². The molecule has 0 radical (unpaired) electrons. The molecular formula is C12H17F2NO. The lowest BCUT2D eigenvalue weighted by atomic mass is 10.1. The predicted molar refractivity (Wildman–Crippen MR) is 59.3 cm³/mol. The van der Waals surface area contributed by atoms with E-state index in [1.807, 2.05) is 13.8 Å². The van der Waals surface area contributed by atoms with Crippen LogP contribution < -0.4 is 5.32 Å². The Morgan fingerprint density at radius 3 is 2.31 bits per heavy atom. The molecule has 0 aliphatic rings. The summed E-state index contributed by atoms with van der Waals surface area (Å²) in [5.74, 6) is -1.12. The van der Waals surface area contributed by atoms with Crippen LogP contribution in [0, 0.1) is 11.6 Å². The highest BCUT2D eigenvalue weighted by Crippen LogP contribution is 2.16. The topological polar surface area (TPSA) is 21.3 Å². The summed E-state index contributed by atoms with van der Waals surface area (Å²) in [4.78, 5) is 0. The van der Waals surface area contributed by atoms with Gasteiger partial charge in [-0.1, -0.05) is 6.92 Å². The van der Waals surface area contributed by atoms with Crippen LogP contribution in [0.1, 0.15) is 25.5 Å². The summed E-state index contributed by atoms with van der Waals surface area (Å²) in [5, 5.41) is 3.13. The Balaban J connectivity index is 2.82. The molecule has 0 bridgehead atoms. The standard InChI is InChI=1S/C12H17F2NO/c1-3-15-12(8-16-4-2)9-5-10(13)7-11(14)6-9/h5-7,12,15H,3-4,8H2,1-2H3. The third kappa shape index (κ3) is 3.87. The minimum Gasteiger partial charge on any atom is -0.380 e. The maximum atomic E-state index is 13.0. The van der Waals surface area contributed by atoms with Crippen LogP contribution in [0.25, 0.3) is 0 Å². The molecule has 16 heavy (non-hydrogen) atoms. The molecule has 4 heteroatoms. The van der Waals surface area contributed by atoms with Crippen molar-refractivity contribution in [2.45, 2.75) is 19.9 Å². The molecule has 1 N–H and O–H groups in total. The van der Waals surface area contributed by atoms with Gasteiger partial charge in [0.15, 0.2) is 0 Å². The minimum atomic E-state index is -0.561. The summed E-state index contributed by atoms with van der Waals surface area (Å²) >= 11 is 0. The highest BCUT2D eigenvalue weighted by molar-refractivity contribution is 5.21. The number of likely N-dealkylation sites (N-methyl/N-ethyl adjacent to an activating group) is 1. The van der Waals surface area contributed by atoms with Crippen LogP contribution in [0.3, 0.4) is 0 Å². The summed E-state index contributed by atoms with van der Waals surface area (Å²) in [6.45, 7) is 5.53. The van der Waals surface area contributed by atoms with E-state index in [4.69, 9.17) is 4.74 Å². The summed E-state index contributed by atoms with van der Waals surface area (Å²) in [6, 6.07) is 3.35. The quantitative estimate of drug-likeness (QED) is 0.809. The summed E-state index contributed by atoms with van der Waals surface area (Å²) in [7, 11) is 0. The number of hydrogen-bond donors (Lipinski definition) is 1. The molecule has 0 fully saturated rings. The fraction of sp³-hybridized carbons (Fsp3) is 0.500. The lowest BCUT2D eigenvalue weighted by Gasteiger charge is -2.18. The molecule has 0 aliphatic heterocycles. The molecule has 0 saturated carbocycles. The van der Waals surface area contributed by atoms with Crippen molar-refractivity contribution >= 4 is 0 Å². The zero-order valence-electron chi connectivity index (χ0n) is 9.59. The summed E-state index contributed by atoms with van der Waals surface area (Å²) < 4.78 is 31.4. The number of rotatable bonds is 6. The Morgan fingerprint density at radius 1 is 1.19 bits per heavy atom. The first-order valence-electron chi connectivity index (χ1n) is 5.44. The van der Waals surface area contributed by atoms with E-state index in [0.717, 1.165) is 12.6 Å². The number of hydrogen-bond acceptors (Lipinski definition) is 2. The first kappa shape index (κ1) is 13.1. The van der Waals surface area contributed by atoms with Crippen LogP contribution in [-0.2, 0) is 4.74 Å². The molecule has 2 nitrogen and oxygen atoms in total. The normalized spacial score (nSPS) is 12.8. The third-order valence-corrected chi connectivity index (χ3v) is 2.23. The van der Waals surface area contributed by atoms with Crippen molar-refractivity contribution in [1.29, 1.82) is 0 Å². The van der Waals surface area contributed by atoms with Crippen molar-refractivity contribution in [2.24, 2.45) is 0 Å². The average molecular weight is 229 g/mol. The van der Waals surface area contributed by atoms with Gasteiger partial charge < -0.3 is 10.1 Å². The zero-order valence-corrected chi connectivity index (χ0v) is 9.59. The van der Waals surface area contributed by atoms with Gasteiger partial charge in [-0.05, 0) is 31.2 Å². The number of ether oxygens (including phenoxy) is 1. The smallest absolute Gasteiger partial charge is 0.126 e. The molecule has 0 amide bonds. The lowest BCUT2D eigenvalue weighted by molar-refractivity contribution is 0.123. The van der Waals surface area contributed by atoms with Gasteiger partial charge in [0.2, 0.25) is 0 Å². The van der Waals surface area contributed by atoms with Crippen molar-refractivity contribution in [3.05, 3.63) is 35.4 Å². The van der Waals surface area contributed by atoms with Gasteiger partial charge in [0.05, 0.1) is 12.6 Å². The van der Waals surface area contributed by atoms with Crippen molar-refractivity contribution in [3.8, 4) is 0 Å². The van der Waals surface area contributed by atoms with Crippen LogP contribution in [0.5, 0.6) is 0 Å². The Labute approximate surface area is 94.6 Å². The highest BCUT2D eigenvalue weighted by Gasteiger charge is 2.12. The first-order valence-corrected chi connectivity index (χ1v) is 5.44.